The van der Waals surface area contributed by atoms with E-state index in [9.17, 15) is 12.8 Å². The molecule has 2 aromatic rings. The van der Waals surface area contributed by atoms with Crippen molar-refractivity contribution in [1.29, 1.82) is 0 Å². The van der Waals surface area contributed by atoms with Crippen molar-refractivity contribution in [2.75, 3.05) is 17.1 Å². The van der Waals surface area contributed by atoms with E-state index in [2.05, 4.69) is 9.71 Å². The summed E-state index contributed by atoms with van der Waals surface area (Å²) < 4.78 is 45.3. The molecule has 1 aromatic carbocycles. The first-order valence-corrected chi connectivity index (χ1v) is 7.57. The Hall–Kier alpha value is -2.35. The Bertz CT molecular complexity index is 750. The van der Waals surface area contributed by atoms with Crippen LogP contribution in [-0.2, 0) is 10.0 Å². The smallest absolute Gasteiger partial charge is 0.265 e. The molecular weight excluding hydrogens is 297 g/mol. The predicted molar refractivity (Wildman–Crippen MR) is 77.0 cm³/mol. The minimum absolute atomic E-state index is 0.0568. The number of hydrogen-bond acceptors (Lipinski definition) is 5. The third-order valence-corrected chi connectivity index (χ3v) is 4.01. The second-order valence-electron chi connectivity index (χ2n) is 4.10. The highest BCUT2D eigenvalue weighted by molar-refractivity contribution is 7.92. The van der Waals surface area contributed by atoms with Crippen molar-refractivity contribution < 1.29 is 17.5 Å². The summed E-state index contributed by atoms with van der Waals surface area (Å²) in [6.45, 7) is 2.04. The average molecular weight is 311 g/mol. The summed E-state index contributed by atoms with van der Waals surface area (Å²) in [7, 11) is -3.93. The van der Waals surface area contributed by atoms with Gasteiger partial charge in [0.05, 0.1) is 18.0 Å². The molecule has 0 saturated carbocycles. The van der Waals surface area contributed by atoms with E-state index < -0.39 is 15.8 Å². The van der Waals surface area contributed by atoms with Crippen molar-refractivity contribution in [2.24, 2.45) is 0 Å². The number of anilines is 2. The number of pyridine rings is 1. The van der Waals surface area contributed by atoms with Crippen LogP contribution in [0, 0.1) is 5.82 Å². The largest absolute Gasteiger partial charge is 0.491 e. The van der Waals surface area contributed by atoms with Gasteiger partial charge in [-0.3, -0.25) is 9.71 Å². The molecule has 1 aromatic heterocycles. The van der Waals surface area contributed by atoms with Crippen LogP contribution >= 0.6 is 0 Å². The van der Waals surface area contributed by atoms with Gasteiger partial charge in [0.15, 0.2) is 11.6 Å². The molecular formula is C13H14FN3O3S. The third-order valence-electron chi connectivity index (χ3n) is 2.59. The van der Waals surface area contributed by atoms with Crippen LogP contribution < -0.4 is 15.2 Å². The molecule has 0 bridgehead atoms. The molecule has 0 fully saturated rings. The Morgan fingerprint density at radius 2 is 2.14 bits per heavy atom. The lowest BCUT2D eigenvalue weighted by Gasteiger charge is -2.11. The lowest BCUT2D eigenvalue weighted by atomic mass is 10.3. The Morgan fingerprint density at radius 3 is 2.76 bits per heavy atom. The molecule has 21 heavy (non-hydrogen) atoms. The van der Waals surface area contributed by atoms with Gasteiger partial charge in [-0.05, 0) is 25.1 Å². The summed E-state index contributed by atoms with van der Waals surface area (Å²) in [6, 6.07) is 5.16. The number of benzene rings is 1. The van der Waals surface area contributed by atoms with Gasteiger partial charge in [-0.2, -0.15) is 0 Å². The fourth-order valence-electron chi connectivity index (χ4n) is 1.66. The summed E-state index contributed by atoms with van der Waals surface area (Å²) >= 11 is 0. The summed E-state index contributed by atoms with van der Waals surface area (Å²) in [5, 5.41) is 0. The van der Waals surface area contributed by atoms with E-state index in [1.165, 1.54) is 24.4 Å². The first kappa shape index (κ1) is 15.0. The SMILES string of the molecule is CCOc1ccc(NS(=O)(=O)c2cnccc2N)cc1F. The van der Waals surface area contributed by atoms with Crippen LogP contribution in [0.3, 0.4) is 0 Å². The topological polar surface area (TPSA) is 94.3 Å². The molecule has 2 rings (SSSR count). The quantitative estimate of drug-likeness (QED) is 0.880. The molecule has 0 unspecified atom stereocenters. The monoisotopic (exact) mass is 311 g/mol. The molecule has 0 aliphatic rings. The van der Waals surface area contributed by atoms with E-state index in [-0.39, 0.29) is 22.0 Å². The second kappa shape index (κ2) is 5.96. The van der Waals surface area contributed by atoms with Crippen molar-refractivity contribution in [2.45, 2.75) is 11.8 Å². The maximum atomic E-state index is 13.7. The molecule has 8 heteroatoms. The number of hydrogen-bond donors (Lipinski definition) is 2. The number of nitrogen functional groups attached to an aromatic ring is 1. The Morgan fingerprint density at radius 1 is 1.38 bits per heavy atom. The second-order valence-corrected chi connectivity index (χ2v) is 5.75. The Balaban J connectivity index is 2.29. The Labute approximate surface area is 121 Å². The van der Waals surface area contributed by atoms with Crippen LogP contribution in [0.5, 0.6) is 5.75 Å². The number of rotatable bonds is 5. The minimum Gasteiger partial charge on any atom is -0.491 e. The molecule has 0 radical (unpaired) electrons. The van der Waals surface area contributed by atoms with Gasteiger partial charge in [-0.25, -0.2) is 12.8 Å². The number of aromatic nitrogens is 1. The van der Waals surface area contributed by atoms with Gasteiger partial charge >= 0.3 is 0 Å². The first-order chi connectivity index (χ1) is 9.94. The molecule has 6 nitrogen and oxygen atoms in total. The van der Waals surface area contributed by atoms with Gasteiger partial charge in [0.25, 0.3) is 10.0 Å². The van der Waals surface area contributed by atoms with Crippen LogP contribution in [0.4, 0.5) is 15.8 Å². The van der Waals surface area contributed by atoms with E-state index in [1.807, 2.05) is 0 Å². The number of ether oxygens (including phenoxy) is 1. The summed E-state index contributed by atoms with van der Waals surface area (Å²) in [5.74, 6) is -0.599. The standard InChI is InChI=1S/C13H14FN3O3S/c1-2-20-12-4-3-9(7-10(12)14)17-21(18,19)13-8-16-6-5-11(13)15/h3-8,17H,2H2,1H3,(H2,15,16). The molecule has 112 valence electrons. The summed E-state index contributed by atoms with van der Waals surface area (Å²) in [5.41, 5.74) is 5.73. The van der Waals surface area contributed by atoms with Gasteiger partial charge in [0.1, 0.15) is 4.90 Å². The number of nitrogens with zero attached hydrogens (tertiary/aromatic N) is 1. The molecule has 0 aliphatic carbocycles. The van der Waals surface area contributed by atoms with E-state index >= 15 is 0 Å². The van der Waals surface area contributed by atoms with Crippen LogP contribution in [0.15, 0.2) is 41.6 Å². The molecule has 3 N–H and O–H groups in total. The minimum atomic E-state index is -3.93. The molecule has 0 aliphatic heterocycles. The highest BCUT2D eigenvalue weighted by Gasteiger charge is 2.18. The number of sulfonamides is 1. The van der Waals surface area contributed by atoms with Gasteiger partial charge in [0, 0.05) is 18.5 Å². The van der Waals surface area contributed by atoms with Crippen molar-refractivity contribution >= 4 is 21.4 Å². The summed E-state index contributed by atoms with van der Waals surface area (Å²) in [4.78, 5) is 3.55. The molecule has 1 heterocycles. The fourth-order valence-corrected chi connectivity index (χ4v) is 2.79. The van der Waals surface area contributed by atoms with Crippen LogP contribution in [-0.4, -0.2) is 20.0 Å². The van der Waals surface area contributed by atoms with Crippen LogP contribution in [0.2, 0.25) is 0 Å². The fraction of sp³-hybridized carbons (Fsp3) is 0.154. The van der Waals surface area contributed by atoms with Crippen LogP contribution in [0.1, 0.15) is 6.92 Å². The van der Waals surface area contributed by atoms with Crippen LogP contribution in [0.25, 0.3) is 0 Å². The molecule has 0 atom stereocenters. The molecule has 0 spiro atoms. The van der Waals surface area contributed by atoms with E-state index in [1.54, 1.807) is 6.92 Å². The van der Waals surface area contributed by atoms with Gasteiger partial charge in [-0.15, -0.1) is 0 Å². The normalized spacial score (nSPS) is 11.1. The lowest BCUT2D eigenvalue weighted by molar-refractivity contribution is 0.321. The number of nitrogens with two attached hydrogens (primary N) is 1. The Kier molecular flexibility index (Phi) is 4.27. The van der Waals surface area contributed by atoms with Gasteiger partial charge < -0.3 is 10.5 Å². The van der Waals surface area contributed by atoms with Crippen molar-refractivity contribution in [3.63, 3.8) is 0 Å². The zero-order valence-electron chi connectivity index (χ0n) is 11.2. The molecule has 0 amide bonds. The first-order valence-electron chi connectivity index (χ1n) is 6.08. The predicted octanol–water partition coefficient (Wildman–Crippen LogP) is 2.00. The van der Waals surface area contributed by atoms with E-state index in [0.717, 1.165) is 12.3 Å². The zero-order valence-corrected chi connectivity index (χ0v) is 12.0. The maximum Gasteiger partial charge on any atom is 0.265 e. The van der Waals surface area contributed by atoms with Crippen molar-refractivity contribution in [1.82, 2.24) is 4.98 Å². The number of halogens is 1. The van der Waals surface area contributed by atoms with E-state index in [4.69, 9.17) is 10.5 Å². The van der Waals surface area contributed by atoms with Gasteiger partial charge in [0.2, 0.25) is 0 Å². The van der Waals surface area contributed by atoms with Crippen molar-refractivity contribution in [3.8, 4) is 5.75 Å². The molecule has 0 saturated heterocycles. The zero-order chi connectivity index (χ0) is 15.5. The average Bonchev–Trinajstić information content (AvgIpc) is 2.42. The third kappa shape index (κ3) is 3.40. The highest BCUT2D eigenvalue weighted by atomic mass is 32.2. The van der Waals surface area contributed by atoms with Crippen molar-refractivity contribution in [3.05, 3.63) is 42.5 Å². The maximum absolute atomic E-state index is 13.7. The number of nitrogens with one attached hydrogen (secondary N) is 1. The lowest BCUT2D eigenvalue weighted by Crippen LogP contribution is -2.15. The summed E-state index contributed by atoms with van der Waals surface area (Å²) in [6.07, 6.45) is 2.51. The van der Waals surface area contributed by atoms with Gasteiger partial charge in [-0.1, -0.05) is 0 Å². The highest BCUT2D eigenvalue weighted by Crippen LogP contribution is 2.24. The van der Waals surface area contributed by atoms with E-state index in [0.29, 0.717) is 6.61 Å².